The summed E-state index contributed by atoms with van der Waals surface area (Å²) in [6.45, 7) is 0. The lowest BCUT2D eigenvalue weighted by Crippen LogP contribution is -2.18. The van der Waals surface area contributed by atoms with Gasteiger partial charge >= 0.3 is 6.18 Å². The van der Waals surface area contributed by atoms with Gasteiger partial charge in [0.1, 0.15) is 5.78 Å². The third kappa shape index (κ3) is 2.78. The standard InChI is InChI=1S/C14H12F3NO/c15-14(16,17)12-7-9(5-6-10(12)8-18)11-3-1-2-4-13(11)19/h5-7,11H,1-4H2. The average molecular weight is 267 g/mol. The van der Waals surface area contributed by atoms with Crippen LogP contribution in [0.2, 0.25) is 0 Å². The van der Waals surface area contributed by atoms with E-state index < -0.39 is 23.2 Å². The summed E-state index contributed by atoms with van der Waals surface area (Å²) in [4.78, 5) is 11.8. The number of Topliss-reactive ketones (excluding diaryl/α,β-unsaturated/α-hetero) is 1. The van der Waals surface area contributed by atoms with Gasteiger partial charge in [0.15, 0.2) is 0 Å². The zero-order valence-corrected chi connectivity index (χ0v) is 10.1. The lowest BCUT2D eigenvalue weighted by Gasteiger charge is -2.22. The summed E-state index contributed by atoms with van der Waals surface area (Å²) in [6.07, 6.45) is -1.91. The lowest BCUT2D eigenvalue weighted by atomic mass is 9.82. The van der Waals surface area contributed by atoms with Gasteiger partial charge in [0.25, 0.3) is 0 Å². The molecule has 1 fully saturated rings. The molecule has 0 radical (unpaired) electrons. The number of nitrogens with zero attached hydrogens (tertiary/aromatic N) is 1. The molecule has 5 heteroatoms. The molecule has 0 spiro atoms. The molecule has 0 N–H and O–H groups in total. The summed E-state index contributed by atoms with van der Waals surface area (Å²) in [5.41, 5.74) is -0.985. The number of ketones is 1. The molecule has 1 aromatic rings. The van der Waals surface area contributed by atoms with Gasteiger partial charge in [0, 0.05) is 12.3 Å². The van der Waals surface area contributed by atoms with Crippen molar-refractivity contribution in [2.75, 3.05) is 0 Å². The molecule has 1 aromatic carbocycles. The van der Waals surface area contributed by atoms with Crippen LogP contribution in [0.5, 0.6) is 0 Å². The Morgan fingerprint density at radius 3 is 2.58 bits per heavy atom. The molecule has 1 aliphatic rings. The zero-order valence-electron chi connectivity index (χ0n) is 10.1. The monoisotopic (exact) mass is 267 g/mol. The van der Waals surface area contributed by atoms with Gasteiger partial charge in [-0.15, -0.1) is 0 Å². The molecule has 1 unspecified atom stereocenters. The Kier molecular flexibility index (Phi) is 3.61. The quantitative estimate of drug-likeness (QED) is 0.776. The van der Waals surface area contributed by atoms with E-state index in [1.165, 1.54) is 12.1 Å². The van der Waals surface area contributed by atoms with Gasteiger partial charge in [-0.1, -0.05) is 12.5 Å². The summed E-state index contributed by atoms with van der Waals surface area (Å²) in [5.74, 6) is -0.466. The molecule has 0 amide bonds. The van der Waals surface area contributed by atoms with E-state index in [9.17, 15) is 18.0 Å². The van der Waals surface area contributed by atoms with Gasteiger partial charge in [0.2, 0.25) is 0 Å². The Labute approximate surface area is 108 Å². The van der Waals surface area contributed by atoms with Crippen LogP contribution in [-0.2, 0) is 11.0 Å². The molecular formula is C14H12F3NO. The van der Waals surface area contributed by atoms with Crippen molar-refractivity contribution in [1.29, 1.82) is 5.26 Å². The number of nitriles is 1. The summed E-state index contributed by atoms with van der Waals surface area (Å²) < 4.78 is 38.5. The normalized spacial score (nSPS) is 20.1. The second-order valence-corrected chi connectivity index (χ2v) is 4.68. The summed E-state index contributed by atoms with van der Waals surface area (Å²) in [7, 11) is 0. The minimum absolute atomic E-state index is 0.0101. The molecule has 2 nitrogen and oxygen atoms in total. The van der Waals surface area contributed by atoms with Crippen molar-refractivity contribution < 1.29 is 18.0 Å². The predicted molar refractivity (Wildman–Crippen MR) is 62.4 cm³/mol. The molecule has 0 aliphatic heterocycles. The van der Waals surface area contributed by atoms with E-state index in [4.69, 9.17) is 5.26 Å². The van der Waals surface area contributed by atoms with E-state index in [0.29, 0.717) is 18.4 Å². The number of hydrogen-bond acceptors (Lipinski definition) is 2. The van der Waals surface area contributed by atoms with Gasteiger partial charge in [-0.25, -0.2) is 0 Å². The molecule has 19 heavy (non-hydrogen) atoms. The molecule has 1 saturated carbocycles. The van der Waals surface area contributed by atoms with Crippen LogP contribution in [0.25, 0.3) is 0 Å². The predicted octanol–water partition coefficient (Wildman–Crippen LogP) is 3.80. The number of rotatable bonds is 1. The highest BCUT2D eigenvalue weighted by molar-refractivity contribution is 5.86. The van der Waals surface area contributed by atoms with Crippen LogP contribution < -0.4 is 0 Å². The maximum absolute atomic E-state index is 12.8. The molecule has 2 rings (SSSR count). The van der Waals surface area contributed by atoms with E-state index in [-0.39, 0.29) is 5.78 Å². The third-order valence-electron chi connectivity index (χ3n) is 3.43. The average Bonchev–Trinajstić information content (AvgIpc) is 2.37. The molecule has 100 valence electrons. The molecular weight excluding hydrogens is 255 g/mol. The van der Waals surface area contributed by atoms with Crippen LogP contribution in [0.15, 0.2) is 18.2 Å². The first-order valence-corrected chi connectivity index (χ1v) is 6.07. The highest BCUT2D eigenvalue weighted by atomic mass is 19.4. The second-order valence-electron chi connectivity index (χ2n) is 4.68. The number of alkyl halides is 3. The van der Waals surface area contributed by atoms with E-state index in [1.807, 2.05) is 0 Å². The Balaban J connectivity index is 2.43. The smallest absolute Gasteiger partial charge is 0.299 e. The molecule has 0 aromatic heterocycles. The highest BCUT2D eigenvalue weighted by Gasteiger charge is 2.35. The Morgan fingerprint density at radius 2 is 2.00 bits per heavy atom. The molecule has 1 atom stereocenters. The first kappa shape index (κ1) is 13.6. The maximum atomic E-state index is 12.8. The fraction of sp³-hybridized carbons (Fsp3) is 0.429. The summed E-state index contributed by atoms with van der Waals surface area (Å²) in [6, 6.07) is 5.10. The SMILES string of the molecule is N#Cc1ccc(C2CCCCC2=O)cc1C(F)(F)F. The molecule has 0 heterocycles. The first-order chi connectivity index (χ1) is 8.93. The van der Waals surface area contributed by atoms with E-state index in [2.05, 4.69) is 0 Å². The van der Waals surface area contributed by atoms with Gasteiger partial charge in [-0.3, -0.25) is 4.79 Å². The van der Waals surface area contributed by atoms with Gasteiger partial charge in [-0.2, -0.15) is 18.4 Å². The van der Waals surface area contributed by atoms with Gasteiger partial charge < -0.3 is 0 Å². The number of carbonyl (C=O) groups is 1. The first-order valence-electron chi connectivity index (χ1n) is 6.07. The number of carbonyl (C=O) groups excluding carboxylic acids is 1. The van der Waals surface area contributed by atoms with Crippen molar-refractivity contribution in [3.05, 3.63) is 34.9 Å². The van der Waals surface area contributed by atoms with Crippen LogP contribution in [0.3, 0.4) is 0 Å². The summed E-state index contributed by atoms with van der Waals surface area (Å²) >= 11 is 0. The fourth-order valence-electron chi connectivity index (χ4n) is 2.45. The third-order valence-corrected chi connectivity index (χ3v) is 3.43. The van der Waals surface area contributed by atoms with Crippen molar-refractivity contribution in [2.24, 2.45) is 0 Å². The van der Waals surface area contributed by atoms with E-state index >= 15 is 0 Å². The minimum atomic E-state index is -4.57. The fourth-order valence-corrected chi connectivity index (χ4v) is 2.45. The van der Waals surface area contributed by atoms with Crippen molar-refractivity contribution in [3.63, 3.8) is 0 Å². The number of benzene rings is 1. The molecule has 1 aliphatic carbocycles. The second kappa shape index (κ2) is 5.04. The maximum Gasteiger partial charge on any atom is 0.417 e. The van der Waals surface area contributed by atoms with Crippen LogP contribution in [-0.4, -0.2) is 5.78 Å². The molecule has 0 bridgehead atoms. The molecule has 0 saturated heterocycles. The van der Waals surface area contributed by atoms with Crippen molar-refractivity contribution in [3.8, 4) is 6.07 Å². The van der Waals surface area contributed by atoms with Crippen LogP contribution in [0.1, 0.15) is 48.3 Å². The van der Waals surface area contributed by atoms with Crippen molar-refractivity contribution >= 4 is 5.78 Å². The van der Waals surface area contributed by atoms with E-state index in [0.717, 1.165) is 25.0 Å². The van der Waals surface area contributed by atoms with Crippen LogP contribution >= 0.6 is 0 Å². The van der Waals surface area contributed by atoms with Crippen molar-refractivity contribution in [2.45, 2.75) is 37.8 Å². The number of halogens is 3. The largest absolute Gasteiger partial charge is 0.417 e. The zero-order chi connectivity index (χ0) is 14.0. The Bertz CT molecular complexity index is 543. The van der Waals surface area contributed by atoms with Crippen LogP contribution in [0.4, 0.5) is 13.2 Å². The Hall–Kier alpha value is -1.83. The minimum Gasteiger partial charge on any atom is -0.299 e. The van der Waals surface area contributed by atoms with E-state index in [1.54, 1.807) is 0 Å². The lowest BCUT2D eigenvalue weighted by molar-refractivity contribution is -0.138. The highest BCUT2D eigenvalue weighted by Crippen LogP contribution is 2.36. The van der Waals surface area contributed by atoms with Crippen molar-refractivity contribution in [1.82, 2.24) is 0 Å². The Morgan fingerprint density at radius 1 is 1.26 bits per heavy atom. The number of hydrogen-bond donors (Lipinski definition) is 0. The van der Waals surface area contributed by atoms with Gasteiger partial charge in [-0.05, 0) is 30.5 Å². The topological polar surface area (TPSA) is 40.9 Å². The van der Waals surface area contributed by atoms with Crippen LogP contribution in [0, 0.1) is 11.3 Å². The summed E-state index contributed by atoms with van der Waals surface area (Å²) in [5, 5.41) is 8.72. The van der Waals surface area contributed by atoms with Gasteiger partial charge in [0.05, 0.1) is 17.2 Å².